The Morgan fingerprint density at radius 3 is 1.84 bits per heavy atom. The van der Waals surface area contributed by atoms with E-state index >= 15 is 0 Å². The van der Waals surface area contributed by atoms with Gasteiger partial charge in [-0.25, -0.2) is 0 Å². The predicted octanol–water partition coefficient (Wildman–Crippen LogP) is 8.80. The Hall–Kier alpha value is -1.38. The molecule has 0 amide bonds. The zero-order valence-corrected chi connectivity index (χ0v) is 20.6. The van der Waals surface area contributed by atoms with Crippen LogP contribution in [0.2, 0.25) is 0 Å². The normalized spacial score (nSPS) is 12.1. The van der Waals surface area contributed by atoms with Gasteiger partial charge in [0.15, 0.2) is 0 Å². The maximum Gasteiger partial charge on any atom is 0.306 e. The summed E-state index contributed by atoms with van der Waals surface area (Å²) in [5.74, 6) is 0.835. The minimum Gasteiger partial charge on any atom is -0.461 e. The molecule has 0 aliphatic heterocycles. The molecule has 0 aliphatic rings. The fourth-order valence-electron chi connectivity index (χ4n) is 3.98. The van der Waals surface area contributed by atoms with Crippen LogP contribution in [0.15, 0.2) is 24.5 Å². The number of unbranched alkanes of at least 4 members (excludes halogenated alkanes) is 14. The number of aromatic nitrogens is 1. The minimum atomic E-state index is -0.0880. The van der Waals surface area contributed by atoms with E-state index in [1.165, 1.54) is 96.3 Å². The zero-order valence-electron chi connectivity index (χ0n) is 20.6. The number of carbonyl (C=O) groups is 1. The van der Waals surface area contributed by atoms with Crippen LogP contribution in [0.25, 0.3) is 0 Å². The fraction of sp³-hybridized carbons (Fsp3) is 0.786. The van der Waals surface area contributed by atoms with Gasteiger partial charge in [-0.05, 0) is 18.4 Å². The van der Waals surface area contributed by atoms with Crippen molar-refractivity contribution in [3.05, 3.63) is 30.1 Å². The van der Waals surface area contributed by atoms with Crippen molar-refractivity contribution in [1.29, 1.82) is 0 Å². The van der Waals surface area contributed by atoms with E-state index in [-0.39, 0.29) is 5.97 Å². The van der Waals surface area contributed by atoms with Crippen LogP contribution in [0, 0.1) is 5.92 Å². The van der Waals surface area contributed by atoms with Gasteiger partial charge in [-0.1, -0.05) is 123 Å². The van der Waals surface area contributed by atoms with Crippen molar-refractivity contribution in [2.75, 3.05) is 0 Å². The van der Waals surface area contributed by atoms with Gasteiger partial charge in [0.25, 0.3) is 0 Å². The highest BCUT2D eigenvalue weighted by Crippen LogP contribution is 2.16. The summed E-state index contributed by atoms with van der Waals surface area (Å²) in [7, 11) is 0. The number of esters is 1. The zero-order chi connectivity index (χ0) is 22.4. The average molecular weight is 432 g/mol. The van der Waals surface area contributed by atoms with E-state index in [2.05, 4.69) is 18.8 Å². The summed E-state index contributed by atoms with van der Waals surface area (Å²) in [4.78, 5) is 15.8. The molecule has 0 bridgehead atoms. The van der Waals surface area contributed by atoms with Gasteiger partial charge in [0, 0.05) is 24.4 Å². The third-order valence-electron chi connectivity index (χ3n) is 6.40. The molecule has 0 spiro atoms. The van der Waals surface area contributed by atoms with Crippen LogP contribution in [0.1, 0.15) is 135 Å². The van der Waals surface area contributed by atoms with Gasteiger partial charge >= 0.3 is 5.97 Å². The average Bonchev–Trinajstić information content (AvgIpc) is 2.80. The second kappa shape index (κ2) is 20.5. The monoisotopic (exact) mass is 431 g/mol. The highest BCUT2D eigenvalue weighted by atomic mass is 16.5. The first kappa shape index (κ1) is 27.7. The Bertz CT molecular complexity index is 517. The molecule has 1 atom stereocenters. The summed E-state index contributed by atoms with van der Waals surface area (Å²) in [6.45, 7) is 5.02. The topological polar surface area (TPSA) is 39.2 Å². The van der Waals surface area contributed by atoms with E-state index in [4.69, 9.17) is 4.74 Å². The summed E-state index contributed by atoms with van der Waals surface area (Å²) in [5.41, 5.74) is 0.948. The molecule has 1 unspecified atom stereocenters. The summed E-state index contributed by atoms with van der Waals surface area (Å²) in [6.07, 6.45) is 27.0. The molecule has 0 aromatic carbocycles. The Morgan fingerprint density at radius 1 is 0.839 bits per heavy atom. The van der Waals surface area contributed by atoms with Gasteiger partial charge in [-0.2, -0.15) is 0 Å². The summed E-state index contributed by atoms with van der Waals surface area (Å²) in [5, 5.41) is 0. The third kappa shape index (κ3) is 17.9. The smallest absolute Gasteiger partial charge is 0.306 e. The standard InChI is InChI=1S/C28H49NO2/c1-3-26(2)20-17-15-13-11-9-7-5-4-6-8-10-12-14-16-18-22-28(30)31-25-27-21-19-23-29-24-27/h19,21,23-24,26H,3-18,20,22,25H2,1-2H3. The first-order valence-corrected chi connectivity index (χ1v) is 13.3. The molecule has 0 radical (unpaired) electrons. The largest absolute Gasteiger partial charge is 0.461 e. The summed E-state index contributed by atoms with van der Waals surface area (Å²) < 4.78 is 5.29. The lowest BCUT2D eigenvalue weighted by Crippen LogP contribution is -2.04. The van der Waals surface area contributed by atoms with E-state index in [0.717, 1.165) is 24.3 Å². The van der Waals surface area contributed by atoms with E-state index in [1.54, 1.807) is 12.4 Å². The van der Waals surface area contributed by atoms with Gasteiger partial charge in [0.1, 0.15) is 6.61 Å². The molecular formula is C28H49NO2. The van der Waals surface area contributed by atoms with Crippen LogP contribution in [0.5, 0.6) is 0 Å². The molecular weight excluding hydrogens is 382 g/mol. The number of rotatable bonds is 21. The number of ether oxygens (including phenoxy) is 1. The molecule has 1 aromatic heterocycles. The van der Waals surface area contributed by atoms with Crippen LogP contribution in [0.3, 0.4) is 0 Å². The highest BCUT2D eigenvalue weighted by Gasteiger charge is 2.03. The van der Waals surface area contributed by atoms with E-state index in [1.807, 2.05) is 12.1 Å². The van der Waals surface area contributed by atoms with E-state index in [9.17, 15) is 4.79 Å². The van der Waals surface area contributed by atoms with Crippen LogP contribution in [-0.4, -0.2) is 11.0 Å². The second-order valence-corrected chi connectivity index (χ2v) is 9.38. The molecule has 1 rings (SSSR count). The van der Waals surface area contributed by atoms with Crippen molar-refractivity contribution >= 4 is 5.97 Å². The molecule has 0 aliphatic carbocycles. The first-order chi connectivity index (χ1) is 15.2. The number of pyridine rings is 1. The Morgan fingerprint density at radius 2 is 1.35 bits per heavy atom. The van der Waals surface area contributed by atoms with Crippen LogP contribution >= 0.6 is 0 Å². The van der Waals surface area contributed by atoms with Crippen molar-refractivity contribution in [1.82, 2.24) is 4.98 Å². The van der Waals surface area contributed by atoms with Gasteiger partial charge in [0.2, 0.25) is 0 Å². The van der Waals surface area contributed by atoms with Crippen LogP contribution < -0.4 is 0 Å². The third-order valence-corrected chi connectivity index (χ3v) is 6.40. The van der Waals surface area contributed by atoms with E-state index in [0.29, 0.717) is 13.0 Å². The molecule has 0 saturated carbocycles. The quantitative estimate of drug-likeness (QED) is 0.144. The Balaban J connectivity index is 1.73. The van der Waals surface area contributed by atoms with Crippen LogP contribution in [0.4, 0.5) is 0 Å². The lowest BCUT2D eigenvalue weighted by molar-refractivity contribution is -0.145. The molecule has 3 nitrogen and oxygen atoms in total. The number of hydrogen-bond donors (Lipinski definition) is 0. The molecule has 0 fully saturated rings. The van der Waals surface area contributed by atoms with E-state index < -0.39 is 0 Å². The number of hydrogen-bond acceptors (Lipinski definition) is 3. The van der Waals surface area contributed by atoms with Gasteiger partial charge < -0.3 is 4.74 Å². The number of nitrogens with zero attached hydrogens (tertiary/aromatic N) is 1. The van der Waals surface area contributed by atoms with Crippen molar-refractivity contribution < 1.29 is 9.53 Å². The second-order valence-electron chi connectivity index (χ2n) is 9.38. The molecule has 0 N–H and O–H groups in total. The molecule has 1 heterocycles. The van der Waals surface area contributed by atoms with Gasteiger partial charge in [-0.3, -0.25) is 9.78 Å². The molecule has 31 heavy (non-hydrogen) atoms. The predicted molar refractivity (Wildman–Crippen MR) is 132 cm³/mol. The lowest BCUT2D eigenvalue weighted by Gasteiger charge is -2.07. The van der Waals surface area contributed by atoms with Crippen molar-refractivity contribution in [3.8, 4) is 0 Å². The van der Waals surface area contributed by atoms with Crippen molar-refractivity contribution in [2.24, 2.45) is 5.92 Å². The Labute approximate surface area is 192 Å². The fourth-order valence-corrected chi connectivity index (χ4v) is 3.98. The van der Waals surface area contributed by atoms with Gasteiger partial charge in [0.05, 0.1) is 0 Å². The summed E-state index contributed by atoms with van der Waals surface area (Å²) in [6, 6.07) is 3.79. The van der Waals surface area contributed by atoms with Crippen LogP contribution in [-0.2, 0) is 16.1 Å². The minimum absolute atomic E-state index is 0.0880. The molecule has 178 valence electrons. The van der Waals surface area contributed by atoms with Crippen molar-refractivity contribution in [2.45, 2.75) is 136 Å². The first-order valence-electron chi connectivity index (χ1n) is 13.3. The molecule has 3 heteroatoms. The highest BCUT2D eigenvalue weighted by molar-refractivity contribution is 5.69. The molecule has 1 aromatic rings. The maximum absolute atomic E-state index is 11.8. The Kier molecular flexibility index (Phi) is 18.3. The molecule has 0 saturated heterocycles. The lowest BCUT2D eigenvalue weighted by atomic mass is 9.99. The van der Waals surface area contributed by atoms with Gasteiger partial charge in [-0.15, -0.1) is 0 Å². The SMILES string of the molecule is CCC(C)CCCCCCCCCCCCCCCCCC(=O)OCc1cccnc1. The van der Waals surface area contributed by atoms with Crippen molar-refractivity contribution in [3.63, 3.8) is 0 Å². The maximum atomic E-state index is 11.8. The summed E-state index contributed by atoms with van der Waals surface area (Å²) >= 11 is 0. The number of carbonyl (C=O) groups excluding carboxylic acids is 1.